The molecule has 4 heteroatoms. The number of methoxy groups -OCH3 is 1. The van der Waals surface area contributed by atoms with E-state index < -0.39 is 0 Å². The Bertz CT molecular complexity index is 456. The van der Waals surface area contributed by atoms with Crippen LogP contribution in [0.5, 0.6) is 5.75 Å². The molecule has 0 bridgehead atoms. The molecule has 0 saturated carbocycles. The van der Waals surface area contributed by atoms with Crippen LogP contribution in [-0.2, 0) is 6.54 Å². The Labute approximate surface area is 126 Å². The topological polar surface area (TPSA) is 45.0 Å². The summed E-state index contributed by atoms with van der Waals surface area (Å²) in [5, 5.41) is 12.6. The molecule has 20 heavy (non-hydrogen) atoms. The van der Waals surface area contributed by atoms with Gasteiger partial charge in [-0.2, -0.15) is 17.0 Å². The quantitative estimate of drug-likeness (QED) is 0.795. The average molecular weight is 292 g/mol. The predicted molar refractivity (Wildman–Crippen MR) is 86.2 cm³/mol. The summed E-state index contributed by atoms with van der Waals surface area (Å²) >= 11 is 1.93. The molecule has 0 aromatic heterocycles. The fourth-order valence-electron chi connectivity index (χ4n) is 2.25. The Hall–Kier alpha value is -1.18. The summed E-state index contributed by atoms with van der Waals surface area (Å²) in [5.74, 6) is 0.636. The molecule has 0 aliphatic carbocycles. The second kappa shape index (κ2) is 8.18. The van der Waals surface area contributed by atoms with Gasteiger partial charge in [-0.15, -0.1) is 0 Å². The highest BCUT2D eigenvalue weighted by Gasteiger charge is 2.23. The van der Waals surface area contributed by atoms with Gasteiger partial charge in [-0.1, -0.05) is 19.9 Å². The number of hydrogen-bond acceptors (Lipinski definition) is 4. The summed E-state index contributed by atoms with van der Waals surface area (Å²) in [7, 11) is 1.59. The van der Waals surface area contributed by atoms with Crippen molar-refractivity contribution < 1.29 is 4.74 Å². The minimum absolute atomic E-state index is 0.310. The Morgan fingerprint density at radius 1 is 1.35 bits per heavy atom. The monoisotopic (exact) mass is 292 g/mol. The van der Waals surface area contributed by atoms with Gasteiger partial charge < -0.3 is 10.1 Å². The van der Waals surface area contributed by atoms with Gasteiger partial charge >= 0.3 is 0 Å². The van der Waals surface area contributed by atoms with Crippen molar-refractivity contribution in [3.63, 3.8) is 0 Å². The van der Waals surface area contributed by atoms with E-state index in [-0.39, 0.29) is 0 Å². The van der Waals surface area contributed by atoms with Gasteiger partial charge in [0, 0.05) is 17.8 Å². The third-order valence-corrected chi connectivity index (χ3v) is 5.47. The molecule has 0 spiro atoms. The van der Waals surface area contributed by atoms with Gasteiger partial charge in [-0.25, -0.2) is 0 Å². The average Bonchev–Trinajstić information content (AvgIpc) is 2.51. The molecule has 1 N–H and O–H groups in total. The Balaban J connectivity index is 2.65. The molecular weight excluding hydrogens is 268 g/mol. The second-order valence-corrected chi connectivity index (χ2v) is 6.12. The lowest BCUT2D eigenvalue weighted by molar-refractivity contribution is 0.413. The maximum atomic E-state index is 9.09. The molecule has 3 nitrogen and oxygen atoms in total. The van der Waals surface area contributed by atoms with Crippen LogP contribution in [0.1, 0.15) is 37.8 Å². The highest BCUT2D eigenvalue weighted by Crippen LogP contribution is 2.29. The first-order chi connectivity index (χ1) is 9.64. The number of nitrogens with one attached hydrogen (secondary N) is 1. The van der Waals surface area contributed by atoms with E-state index in [1.165, 1.54) is 0 Å². The van der Waals surface area contributed by atoms with Gasteiger partial charge in [0.15, 0.2) is 0 Å². The summed E-state index contributed by atoms with van der Waals surface area (Å²) < 4.78 is 5.47. The van der Waals surface area contributed by atoms with Crippen LogP contribution in [0.4, 0.5) is 0 Å². The minimum atomic E-state index is 0.310. The highest BCUT2D eigenvalue weighted by atomic mass is 32.2. The van der Waals surface area contributed by atoms with Crippen molar-refractivity contribution in [3.8, 4) is 11.8 Å². The molecule has 110 valence electrons. The molecular formula is C16H24N2OS. The summed E-state index contributed by atoms with van der Waals surface area (Å²) in [6.45, 7) is 6.24. The molecule has 0 aliphatic heterocycles. The lowest BCUT2D eigenvalue weighted by atomic mass is 10.0. The second-order valence-electron chi connectivity index (χ2n) is 4.84. The Morgan fingerprint density at radius 2 is 2.05 bits per heavy atom. The van der Waals surface area contributed by atoms with Gasteiger partial charge in [-0.3, -0.25) is 0 Å². The van der Waals surface area contributed by atoms with Crippen molar-refractivity contribution in [2.24, 2.45) is 0 Å². The molecule has 0 radical (unpaired) electrons. The largest absolute Gasteiger partial charge is 0.495 e. The van der Waals surface area contributed by atoms with E-state index in [2.05, 4.69) is 31.5 Å². The third kappa shape index (κ3) is 4.16. The van der Waals surface area contributed by atoms with Gasteiger partial charge in [0.05, 0.1) is 12.7 Å². The smallest absolute Gasteiger partial charge is 0.136 e. The van der Waals surface area contributed by atoms with Crippen LogP contribution < -0.4 is 10.1 Å². The molecule has 0 unspecified atom stereocenters. The maximum Gasteiger partial charge on any atom is 0.136 e. The van der Waals surface area contributed by atoms with E-state index in [1.807, 2.05) is 30.0 Å². The van der Waals surface area contributed by atoms with Crippen LogP contribution in [0.3, 0.4) is 0 Å². The van der Waals surface area contributed by atoms with Crippen molar-refractivity contribution in [1.82, 2.24) is 5.32 Å². The molecule has 0 aliphatic rings. The molecule has 0 saturated heterocycles. The minimum Gasteiger partial charge on any atom is -0.495 e. The Kier molecular flexibility index (Phi) is 6.90. The first kappa shape index (κ1) is 16.9. The van der Waals surface area contributed by atoms with Crippen molar-refractivity contribution in [1.29, 1.82) is 5.26 Å². The van der Waals surface area contributed by atoms with Gasteiger partial charge in [0.25, 0.3) is 0 Å². The van der Waals surface area contributed by atoms with Crippen LogP contribution in [0, 0.1) is 11.3 Å². The Morgan fingerprint density at radius 3 is 2.55 bits per heavy atom. The maximum absolute atomic E-state index is 9.09. The number of ether oxygens (including phenoxy) is 1. The van der Waals surface area contributed by atoms with Crippen molar-refractivity contribution in [2.45, 2.75) is 38.0 Å². The van der Waals surface area contributed by atoms with Gasteiger partial charge in [-0.05, 0) is 36.8 Å². The van der Waals surface area contributed by atoms with Crippen LogP contribution in [0.25, 0.3) is 0 Å². The van der Waals surface area contributed by atoms with E-state index in [1.54, 1.807) is 7.11 Å². The number of benzene rings is 1. The molecule has 0 atom stereocenters. The fraction of sp³-hybridized carbons (Fsp3) is 0.562. The molecule has 0 heterocycles. The van der Waals surface area contributed by atoms with Gasteiger partial charge in [0.2, 0.25) is 0 Å². The summed E-state index contributed by atoms with van der Waals surface area (Å²) in [6.07, 6.45) is 4.49. The van der Waals surface area contributed by atoms with E-state index in [0.717, 1.165) is 31.5 Å². The summed E-state index contributed by atoms with van der Waals surface area (Å²) in [4.78, 5) is 0. The lowest BCUT2D eigenvalue weighted by Crippen LogP contribution is -2.36. The van der Waals surface area contributed by atoms with E-state index in [4.69, 9.17) is 10.00 Å². The summed E-state index contributed by atoms with van der Waals surface area (Å²) in [5.41, 5.74) is 1.71. The first-order valence-corrected chi connectivity index (χ1v) is 8.20. The van der Waals surface area contributed by atoms with Crippen LogP contribution in [0.2, 0.25) is 0 Å². The predicted octanol–water partition coefficient (Wildman–Crippen LogP) is 3.58. The zero-order chi connectivity index (χ0) is 15.0. The molecule has 0 fully saturated rings. The van der Waals surface area contributed by atoms with Crippen molar-refractivity contribution in [2.75, 3.05) is 19.9 Å². The SMILES string of the molecule is CCC(CC)(CNCc1ccc(OC)c(C#N)c1)SC. The highest BCUT2D eigenvalue weighted by molar-refractivity contribution is 8.00. The normalized spacial score (nSPS) is 11.2. The van der Waals surface area contributed by atoms with Gasteiger partial charge in [0.1, 0.15) is 11.8 Å². The molecule has 1 rings (SSSR count). The van der Waals surface area contributed by atoms with Crippen molar-refractivity contribution in [3.05, 3.63) is 29.3 Å². The first-order valence-electron chi connectivity index (χ1n) is 6.97. The molecule has 0 amide bonds. The lowest BCUT2D eigenvalue weighted by Gasteiger charge is -2.30. The third-order valence-electron chi connectivity index (χ3n) is 3.88. The number of rotatable bonds is 8. The number of hydrogen-bond donors (Lipinski definition) is 1. The van der Waals surface area contributed by atoms with E-state index in [0.29, 0.717) is 16.1 Å². The van der Waals surface area contributed by atoms with Crippen molar-refractivity contribution >= 4 is 11.8 Å². The summed E-state index contributed by atoms with van der Waals surface area (Å²) in [6, 6.07) is 7.93. The number of thioether (sulfide) groups is 1. The molecule has 1 aromatic carbocycles. The van der Waals surface area contributed by atoms with E-state index >= 15 is 0 Å². The fourth-order valence-corrected chi connectivity index (χ4v) is 3.07. The number of nitrogens with zero attached hydrogens (tertiary/aromatic N) is 1. The van der Waals surface area contributed by atoms with Crippen LogP contribution in [0.15, 0.2) is 18.2 Å². The zero-order valence-electron chi connectivity index (χ0n) is 12.8. The van der Waals surface area contributed by atoms with E-state index in [9.17, 15) is 0 Å². The zero-order valence-corrected chi connectivity index (χ0v) is 13.6. The number of nitriles is 1. The van der Waals surface area contributed by atoms with Crippen LogP contribution >= 0.6 is 11.8 Å². The van der Waals surface area contributed by atoms with Crippen LogP contribution in [-0.4, -0.2) is 24.7 Å². The standard InChI is InChI=1S/C16H24N2OS/c1-5-16(6-2,20-4)12-18-11-13-7-8-15(19-3)14(9-13)10-17/h7-9,18H,5-6,11-12H2,1-4H3. The molecule has 1 aromatic rings.